The summed E-state index contributed by atoms with van der Waals surface area (Å²) >= 11 is 0. The van der Waals surface area contributed by atoms with E-state index in [1.165, 1.54) is 6.20 Å². The summed E-state index contributed by atoms with van der Waals surface area (Å²) in [5.74, 6) is -0.545. The van der Waals surface area contributed by atoms with Crippen LogP contribution in [0.5, 0.6) is 0 Å². The van der Waals surface area contributed by atoms with E-state index in [4.69, 9.17) is 0 Å². The van der Waals surface area contributed by atoms with Gasteiger partial charge in [-0.25, -0.2) is 4.98 Å². The fourth-order valence-corrected chi connectivity index (χ4v) is 3.61. The molecular formula is C21H19N7O2. The van der Waals surface area contributed by atoms with Crippen LogP contribution in [0.3, 0.4) is 0 Å². The van der Waals surface area contributed by atoms with Gasteiger partial charge in [0.05, 0.1) is 30.7 Å². The van der Waals surface area contributed by atoms with E-state index in [0.717, 1.165) is 5.56 Å². The van der Waals surface area contributed by atoms with Crippen LogP contribution in [0.1, 0.15) is 39.5 Å². The van der Waals surface area contributed by atoms with Crippen LogP contribution in [-0.2, 0) is 6.54 Å². The Morgan fingerprint density at radius 2 is 2.10 bits per heavy atom. The highest BCUT2D eigenvalue weighted by molar-refractivity contribution is 6.04. The first-order valence-corrected chi connectivity index (χ1v) is 9.62. The van der Waals surface area contributed by atoms with Gasteiger partial charge in [0.25, 0.3) is 11.8 Å². The van der Waals surface area contributed by atoms with E-state index in [2.05, 4.69) is 25.7 Å². The third kappa shape index (κ3) is 3.20. The molecule has 150 valence electrons. The van der Waals surface area contributed by atoms with Crippen molar-refractivity contribution < 1.29 is 9.59 Å². The van der Waals surface area contributed by atoms with Gasteiger partial charge in [0.15, 0.2) is 5.65 Å². The SMILES string of the molecule is CC1CNC(=O)c2cc3ncc(C(=O)Nc4cnn(Cc5ccccc5)c4)nc3n21. The normalized spacial score (nSPS) is 15.6. The highest BCUT2D eigenvalue weighted by Crippen LogP contribution is 2.24. The zero-order valence-electron chi connectivity index (χ0n) is 16.2. The lowest BCUT2D eigenvalue weighted by Gasteiger charge is -2.23. The third-order valence-corrected chi connectivity index (χ3v) is 5.09. The average molecular weight is 401 g/mol. The minimum absolute atomic E-state index is 0.0269. The fourth-order valence-electron chi connectivity index (χ4n) is 3.61. The van der Waals surface area contributed by atoms with Gasteiger partial charge in [-0.2, -0.15) is 5.10 Å². The lowest BCUT2D eigenvalue weighted by Crippen LogP contribution is -2.37. The van der Waals surface area contributed by atoms with Gasteiger partial charge in [0, 0.05) is 12.7 Å². The molecule has 0 bridgehead atoms. The number of fused-ring (bicyclic) bond motifs is 3. The molecule has 1 atom stereocenters. The molecule has 2 N–H and O–H groups in total. The van der Waals surface area contributed by atoms with Gasteiger partial charge < -0.3 is 15.2 Å². The number of amides is 2. The summed E-state index contributed by atoms with van der Waals surface area (Å²) in [6.07, 6.45) is 4.78. The van der Waals surface area contributed by atoms with Crippen molar-refractivity contribution in [2.75, 3.05) is 11.9 Å². The molecule has 9 heteroatoms. The quantitative estimate of drug-likeness (QED) is 0.545. The lowest BCUT2D eigenvalue weighted by molar-refractivity contribution is 0.0918. The molecule has 1 aromatic carbocycles. The molecule has 1 aliphatic rings. The maximum absolute atomic E-state index is 12.7. The summed E-state index contributed by atoms with van der Waals surface area (Å²) in [4.78, 5) is 33.7. The highest BCUT2D eigenvalue weighted by Gasteiger charge is 2.26. The van der Waals surface area contributed by atoms with Crippen LogP contribution >= 0.6 is 0 Å². The van der Waals surface area contributed by atoms with Crippen molar-refractivity contribution in [3.05, 3.63) is 71.9 Å². The van der Waals surface area contributed by atoms with Gasteiger partial charge in [-0.05, 0) is 18.6 Å². The maximum Gasteiger partial charge on any atom is 0.276 e. The van der Waals surface area contributed by atoms with Crippen molar-refractivity contribution in [2.45, 2.75) is 19.5 Å². The zero-order chi connectivity index (χ0) is 20.7. The largest absolute Gasteiger partial charge is 0.349 e. The van der Waals surface area contributed by atoms with E-state index in [1.54, 1.807) is 23.1 Å². The van der Waals surface area contributed by atoms with E-state index >= 15 is 0 Å². The average Bonchev–Trinajstić information content (AvgIpc) is 3.36. The first-order chi connectivity index (χ1) is 14.6. The van der Waals surface area contributed by atoms with Crippen LogP contribution in [0, 0.1) is 0 Å². The van der Waals surface area contributed by atoms with E-state index in [1.807, 2.05) is 41.8 Å². The Balaban J connectivity index is 1.38. The number of nitrogens with one attached hydrogen (secondary N) is 2. The van der Waals surface area contributed by atoms with Crippen LogP contribution in [0.25, 0.3) is 11.2 Å². The Kier molecular flexibility index (Phi) is 4.27. The number of carbonyl (C=O) groups excluding carboxylic acids is 2. The number of hydrogen-bond donors (Lipinski definition) is 2. The molecule has 9 nitrogen and oxygen atoms in total. The number of hydrogen-bond acceptors (Lipinski definition) is 5. The minimum atomic E-state index is -0.382. The van der Waals surface area contributed by atoms with Crippen LogP contribution < -0.4 is 10.6 Å². The molecule has 1 unspecified atom stereocenters. The van der Waals surface area contributed by atoms with Crippen molar-refractivity contribution in [1.29, 1.82) is 0 Å². The number of rotatable bonds is 4. The fraction of sp³-hybridized carbons (Fsp3) is 0.190. The van der Waals surface area contributed by atoms with Gasteiger partial charge in [-0.15, -0.1) is 0 Å². The van der Waals surface area contributed by atoms with Crippen molar-refractivity contribution in [3.63, 3.8) is 0 Å². The summed E-state index contributed by atoms with van der Waals surface area (Å²) in [5, 5.41) is 9.94. The van der Waals surface area contributed by atoms with Gasteiger partial charge in [-0.1, -0.05) is 30.3 Å². The van der Waals surface area contributed by atoms with Crippen LogP contribution in [-0.4, -0.2) is 42.7 Å². The van der Waals surface area contributed by atoms with Crippen molar-refractivity contribution in [2.24, 2.45) is 0 Å². The minimum Gasteiger partial charge on any atom is -0.349 e. The van der Waals surface area contributed by atoms with E-state index < -0.39 is 0 Å². The molecule has 2 amide bonds. The molecule has 0 saturated carbocycles. The standard InChI is InChI=1S/C21H19N7O2/c1-13-8-23-21(30)18-7-16-19(28(13)18)26-17(10-22-16)20(29)25-15-9-24-27(12-15)11-14-5-3-2-4-6-14/h2-7,9-10,12-13H,8,11H2,1H3,(H,23,30)(H,25,29). The molecule has 1 aliphatic heterocycles. The predicted octanol–water partition coefficient (Wildman–Crippen LogP) is 2.23. The molecule has 0 saturated heterocycles. The number of carbonyl (C=O) groups is 2. The smallest absolute Gasteiger partial charge is 0.276 e. The molecule has 4 aromatic rings. The van der Waals surface area contributed by atoms with Gasteiger partial charge in [0.1, 0.15) is 16.9 Å². The number of benzene rings is 1. The first kappa shape index (κ1) is 18.0. The summed E-state index contributed by atoms with van der Waals surface area (Å²) in [6.45, 7) is 3.10. The second kappa shape index (κ2) is 7.11. The predicted molar refractivity (Wildman–Crippen MR) is 110 cm³/mol. The molecular weight excluding hydrogens is 382 g/mol. The number of aromatic nitrogens is 5. The Labute approximate surface area is 171 Å². The Morgan fingerprint density at radius 3 is 2.93 bits per heavy atom. The lowest BCUT2D eigenvalue weighted by atomic mass is 10.2. The monoisotopic (exact) mass is 401 g/mol. The topological polar surface area (TPSA) is 107 Å². The second-order valence-corrected chi connectivity index (χ2v) is 7.29. The molecule has 0 radical (unpaired) electrons. The van der Waals surface area contributed by atoms with Gasteiger partial charge in [0.2, 0.25) is 0 Å². The van der Waals surface area contributed by atoms with Crippen LogP contribution in [0.2, 0.25) is 0 Å². The van der Waals surface area contributed by atoms with Crippen LogP contribution in [0.15, 0.2) is 55.0 Å². The highest BCUT2D eigenvalue weighted by atomic mass is 16.2. The van der Waals surface area contributed by atoms with E-state index in [-0.39, 0.29) is 23.6 Å². The van der Waals surface area contributed by atoms with Crippen molar-refractivity contribution in [1.82, 2.24) is 29.6 Å². The maximum atomic E-state index is 12.7. The molecule has 30 heavy (non-hydrogen) atoms. The molecule has 0 aliphatic carbocycles. The van der Waals surface area contributed by atoms with Crippen molar-refractivity contribution in [3.8, 4) is 0 Å². The summed E-state index contributed by atoms with van der Waals surface area (Å²) in [5.41, 5.74) is 3.48. The number of nitrogens with zero attached hydrogens (tertiary/aromatic N) is 5. The Bertz CT molecular complexity index is 1260. The Hall–Kier alpha value is -4.01. The number of anilines is 1. The first-order valence-electron chi connectivity index (χ1n) is 9.62. The molecule has 0 fully saturated rings. The molecule has 4 heterocycles. The van der Waals surface area contributed by atoms with Gasteiger partial charge >= 0.3 is 0 Å². The Morgan fingerprint density at radius 1 is 1.27 bits per heavy atom. The second-order valence-electron chi connectivity index (χ2n) is 7.29. The summed E-state index contributed by atoms with van der Waals surface area (Å²) in [6, 6.07) is 11.7. The third-order valence-electron chi connectivity index (χ3n) is 5.09. The summed E-state index contributed by atoms with van der Waals surface area (Å²) in [7, 11) is 0. The molecule has 3 aromatic heterocycles. The molecule has 0 spiro atoms. The van der Waals surface area contributed by atoms with E-state index in [0.29, 0.717) is 35.6 Å². The summed E-state index contributed by atoms with van der Waals surface area (Å²) < 4.78 is 3.58. The van der Waals surface area contributed by atoms with E-state index in [9.17, 15) is 9.59 Å². The van der Waals surface area contributed by atoms with Crippen molar-refractivity contribution >= 4 is 28.7 Å². The van der Waals surface area contributed by atoms with Gasteiger partial charge in [-0.3, -0.25) is 19.3 Å². The zero-order valence-corrected chi connectivity index (χ0v) is 16.2. The molecule has 5 rings (SSSR count). The van der Waals surface area contributed by atoms with Crippen LogP contribution in [0.4, 0.5) is 5.69 Å².